The molecule has 1 N–H and O–H groups in total. The molecule has 2 aromatic heterocycles. The van der Waals surface area contributed by atoms with Crippen molar-refractivity contribution in [2.75, 3.05) is 0 Å². The van der Waals surface area contributed by atoms with E-state index < -0.39 is 23.1 Å². The van der Waals surface area contributed by atoms with Crippen molar-refractivity contribution in [2.24, 2.45) is 0 Å². The topological polar surface area (TPSA) is 81.9 Å². The van der Waals surface area contributed by atoms with Gasteiger partial charge in [-0.25, -0.2) is 13.8 Å². The van der Waals surface area contributed by atoms with E-state index in [0.717, 1.165) is 12.1 Å². The number of fused-ring (bicyclic) bond motifs is 1. The van der Waals surface area contributed by atoms with E-state index in [2.05, 4.69) is 10.3 Å². The number of aryl methyl sites for hydroxylation is 1. The first-order chi connectivity index (χ1) is 16.4. The van der Waals surface area contributed by atoms with E-state index in [9.17, 15) is 18.4 Å². The smallest absolute Gasteiger partial charge is 0.306 e. The van der Waals surface area contributed by atoms with E-state index in [0.29, 0.717) is 12.1 Å². The molecular weight excluding hydrogens is 480 g/mol. The maximum absolute atomic E-state index is 14.0. The van der Waals surface area contributed by atoms with Gasteiger partial charge in [-0.3, -0.25) is 14.0 Å². The summed E-state index contributed by atoms with van der Waals surface area (Å²) in [7, 11) is 0. The van der Waals surface area contributed by atoms with Crippen molar-refractivity contribution in [3.63, 3.8) is 0 Å². The van der Waals surface area contributed by atoms with Gasteiger partial charge in [0.25, 0.3) is 5.91 Å². The zero-order chi connectivity index (χ0) is 25.9. The average Bonchev–Trinajstić information content (AvgIpc) is 3.06. The number of pyridine rings is 1. The Kier molecular flexibility index (Phi) is 8.00. The van der Waals surface area contributed by atoms with Gasteiger partial charge in [-0.1, -0.05) is 17.7 Å². The molecule has 3 aromatic rings. The van der Waals surface area contributed by atoms with Gasteiger partial charge in [0.2, 0.25) is 0 Å². The number of aromatic nitrogens is 2. The van der Waals surface area contributed by atoms with Crippen LogP contribution in [0.4, 0.5) is 8.78 Å². The van der Waals surface area contributed by atoms with Crippen molar-refractivity contribution in [3.8, 4) is 5.75 Å². The van der Waals surface area contributed by atoms with Crippen LogP contribution in [-0.2, 0) is 16.1 Å². The molecule has 1 atom stereocenters. The Hall–Kier alpha value is -3.20. The van der Waals surface area contributed by atoms with Crippen LogP contribution in [0.3, 0.4) is 0 Å². The lowest BCUT2D eigenvalue weighted by Crippen LogP contribution is -2.34. The number of hydrogen-bond donors (Lipinski definition) is 1. The third kappa shape index (κ3) is 6.69. The number of nitrogens with zero attached hydrogens (tertiary/aromatic N) is 2. The first kappa shape index (κ1) is 26.4. The van der Waals surface area contributed by atoms with Gasteiger partial charge in [0.05, 0.1) is 16.3 Å². The molecule has 1 aromatic carbocycles. The summed E-state index contributed by atoms with van der Waals surface area (Å²) in [5.74, 6) is -2.06. The largest absolute Gasteiger partial charge is 0.485 e. The van der Waals surface area contributed by atoms with E-state index in [-0.39, 0.29) is 52.7 Å². The first-order valence-corrected chi connectivity index (χ1v) is 11.5. The lowest BCUT2D eigenvalue weighted by molar-refractivity contribution is -0.155. The molecular formula is C25H28ClF2N3O4. The highest BCUT2D eigenvalue weighted by Crippen LogP contribution is 2.28. The molecule has 0 saturated heterocycles. The summed E-state index contributed by atoms with van der Waals surface area (Å²) in [4.78, 5) is 29.4. The summed E-state index contributed by atoms with van der Waals surface area (Å²) in [6.45, 7) is 8.43. The van der Waals surface area contributed by atoms with Crippen molar-refractivity contribution in [2.45, 2.75) is 65.7 Å². The number of esters is 1. The number of halogens is 3. The number of ether oxygens (including phenoxy) is 2. The molecule has 0 radical (unpaired) electrons. The van der Waals surface area contributed by atoms with Crippen LogP contribution < -0.4 is 10.1 Å². The molecule has 0 saturated carbocycles. The molecule has 0 aliphatic carbocycles. The average molecular weight is 508 g/mol. The minimum atomic E-state index is -0.733. The van der Waals surface area contributed by atoms with Crippen LogP contribution in [0, 0.1) is 18.6 Å². The molecule has 7 nitrogen and oxygen atoms in total. The Morgan fingerprint density at radius 1 is 1.23 bits per heavy atom. The normalized spacial score (nSPS) is 12.5. The molecule has 1 amide bonds. The number of amides is 1. The van der Waals surface area contributed by atoms with E-state index in [1.54, 1.807) is 34.6 Å². The quantitative estimate of drug-likeness (QED) is 0.413. The van der Waals surface area contributed by atoms with Crippen LogP contribution in [0.5, 0.6) is 5.75 Å². The molecule has 188 valence electrons. The summed E-state index contributed by atoms with van der Waals surface area (Å²) in [5.41, 5.74) is 0.106. The van der Waals surface area contributed by atoms with Crippen molar-refractivity contribution in [1.82, 2.24) is 14.7 Å². The Labute approximate surface area is 207 Å². The zero-order valence-corrected chi connectivity index (χ0v) is 21.0. The fourth-order valence-corrected chi connectivity index (χ4v) is 3.68. The predicted octanol–water partition coefficient (Wildman–Crippen LogP) is 5.39. The summed E-state index contributed by atoms with van der Waals surface area (Å²) >= 11 is 6.24. The summed E-state index contributed by atoms with van der Waals surface area (Å²) in [6.07, 6.45) is 2.05. The van der Waals surface area contributed by atoms with E-state index in [4.69, 9.17) is 21.1 Å². The fourth-order valence-electron chi connectivity index (χ4n) is 3.49. The molecule has 0 fully saturated rings. The van der Waals surface area contributed by atoms with Gasteiger partial charge in [0.1, 0.15) is 29.5 Å². The van der Waals surface area contributed by atoms with Gasteiger partial charge < -0.3 is 14.8 Å². The number of imidazole rings is 1. The monoisotopic (exact) mass is 507 g/mol. The molecule has 1 unspecified atom stereocenters. The van der Waals surface area contributed by atoms with Gasteiger partial charge in [-0.05, 0) is 53.2 Å². The standard InChI is InChI=1S/C25H28ClF2N3O4/c1-14(9-10-21(32)35-25(3,4)5)29-24(33)22-15(2)30-23-20(11-16(26)12-31(22)23)34-13-17-18(27)7-6-8-19(17)28/h6-8,11-12,14H,9-10,13H2,1-5H3,(H,29,33). The summed E-state index contributed by atoms with van der Waals surface area (Å²) in [5, 5.41) is 3.10. The molecule has 2 heterocycles. The highest BCUT2D eigenvalue weighted by Gasteiger charge is 2.23. The molecule has 0 aliphatic rings. The number of carbonyl (C=O) groups is 2. The minimum Gasteiger partial charge on any atom is -0.485 e. The number of benzene rings is 1. The fraction of sp³-hybridized carbons (Fsp3) is 0.400. The maximum atomic E-state index is 14.0. The number of hydrogen-bond acceptors (Lipinski definition) is 5. The molecule has 35 heavy (non-hydrogen) atoms. The van der Waals surface area contributed by atoms with Crippen molar-refractivity contribution in [1.29, 1.82) is 0 Å². The second-order valence-electron chi connectivity index (χ2n) is 9.25. The van der Waals surface area contributed by atoms with Gasteiger partial charge in [0.15, 0.2) is 11.4 Å². The lowest BCUT2D eigenvalue weighted by Gasteiger charge is -2.20. The third-order valence-electron chi connectivity index (χ3n) is 5.05. The molecule has 0 spiro atoms. The van der Waals surface area contributed by atoms with Gasteiger partial charge >= 0.3 is 5.97 Å². The molecule has 3 rings (SSSR count). The van der Waals surface area contributed by atoms with Crippen molar-refractivity contribution < 1.29 is 27.8 Å². The van der Waals surface area contributed by atoms with Crippen LogP contribution in [-0.4, -0.2) is 32.9 Å². The highest BCUT2D eigenvalue weighted by atomic mass is 35.5. The van der Waals surface area contributed by atoms with Crippen molar-refractivity contribution >= 4 is 29.1 Å². The maximum Gasteiger partial charge on any atom is 0.306 e. The number of rotatable bonds is 8. The second-order valence-corrected chi connectivity index (χ2v) is 9.69. The van der Waals surface area contributed by atoms with Crippen LogP contribution >= 0.6 is 11.6 Å². The Morgan fingerprint density at radius 3 is 2.51 bits per heavy atom. The van der Waals surface area contributed by atoms with Crippen LogP contribution in [0.15, 0.2) is 30.5 Å². The van der Waals surface area contributed by atoms with E-state index in [1.807, 2.05) is 0 Å². The Bertz CT molecular complexity index is 1230. The van der Waals surface area contributed by atoms with Gasteiger partial charge in [-0.15, -0.1) is 0 Å². The molecule has 10 heteroatoms. The van der Waals surface area contributed by atoms with Crippen LogP contribution in [0.25, 0.3) is 5.65 Å². The Balaban J connectivity index is 1.77. The van der Waals surface area contributed by atoms with E-state index >= 15 is 0 Å². The van der Waals surface area contributed by atoms with Crippen LogP contribution in [0.2, 0.25) is 5.02 Å². The SMILES string of the molecule is Cc1nc2c(OCc3c(F)cccc3F)cc(Cl)cn2c1C(=O)NC(C)CCC(=O)OC(C)(C)C. The lowest BCUT2D eigenvalue weighted by atomic mass is 10.1. The zero-order valence-electron chi connectivity index (χ0n) is 20.2. The van der Waals surface area contributed by atoms with Gasteiger partial charge in [0, 0.05) is 24.7 Å². The second kappa shape index (κ2) is 10.6. The van der Waals surface area contributed by atoms with Gasteiger partial charge in [-0.2, -0.15) is 0 Å². The first-order valence-electron chi connectivity index (χ1n) is 11.1. The Morgan fingerprint density at radius 2 is 1.89 bits per heavy atom. The van der Waals surface area contributed by atoms with E-state index in [1.165, 1.54) is 22.7 Å². The molecule has 0 bridgehead atoms. The van der Waals surface area contributed by atoms with Crippen molar-refractivity contribution in [3.05, 3.63) is 64.1 Å². The molecule has 0 aliphatic heterocycles. The predicted molar refractivity (Wildman–Crippen MR) is 128 cm³/mol. The minimum absolute atomic E-state index is 0.154. The summed E-state index contributed by atoms with van der Waals surface area (Å²) in [6, 6.07) is 4.69. The highest BCUT2D eigenvalue weighted by molar-refractivity contribution is 6.30. The van der Waals surface area contributed by atoms with Crippen LogP contribution in [0.1, 0.15) is 62.3 Å². The third-order valence-corrected chi connectivity index (χ3v) is 5.26. The summed E-state index contributed by atoms with van der Waals surface area (Å²) < 4.78 is 40.4. The number of nitrogens with one attached hydrogen (secondary N) is 1. The number of carbonyl (C=O) groups excluding carboxylic acids is 2.